The second-order valence-corrected chi connectivity index (χ2v) is 18.5. The van der Waals surface area contributed by atoms with E-state index in [1.807, 2.05) is 12.1 Å². The summed E-state index contributed by atoms with van der Waals surface area (Å²) in [5.41, 5.74) is 18.9. The molecule has 0 unspecified atom stereocenters. The molecule has 10 aromatic carbocycles. The van der Waals surface area contributed by atoms with Crippen molar-refractivity contribution in [3.8, 4) is 11.4 Å². The minimum atomic E-state index is -0.162. The van der Waals surface area contributed by atoms with Crippen molar-refractivity contribution < 1.29 is 4.42 Å². The maximum atomic E-state index is 6.34. The molecule has 0 saturated heterocycles. The zero-order chi connectivity index (χ0) is 46.6. The van der Waals surface area contributed by atoms with Gasteiger partial charge < -0.3 is 18.8 Å². The van der Waals surface area contributed by atoms with Gasteiger partial charge in [-0.15, -0.1) is 0 Å². The van der Waals surface area contributed by atoms with Crippen LogP contribution in [0.25, 0.3) is 55.1 Å². The van der Waals surface area contributed by atoms with E-state index in [4.69, 9.17) is 4.42 Å². The number of hydrogen-bond donors (Lipinski definition) is 0. The highest BCUT2D eigenvalue weighted by molar-refractivity contribution is 7.01. The molecule has 0 fully saturated rings. The molecule has 332 valence electrons. The van der Waals surface area contributed by atoms with Crippen molar-refractivity contribution in [1.82, 2.24) is 9.13 Å². The molecule has 0 radical (unpaired) electrons. The smallest absolute Gasteiger partial charge is 0.276 e. The minimum Gasteiger partial charge on any atom is -0.456 e. The molecule has 0 saturated carbocycles. The average Bonchev–Trinajstić information content (AvgIpc) is 4.10. The van der Waals surface area contributed by atoms with Crippen LogP contribution >= 0.6 is 0 Å². The number of nitrogens with zero attached hydrogens (tertiary/aromatic N) is 5. The van der Waals surface area contributed by atoms with Gasteiger partial charge in [0.1, 0.15) is 17.0 Å². The van der Waals surface area contributed by atoms with E-state index in [-0.39, 0.29) is 6.71 Å². The molecule has 13 aromatic rings. The molecule has 0 bridgehead atoms. The number of furan rings is 1. The van der Waals surface area contributed by atoms with Crippen molar-refractivity contribution in [2.45, 2.75) is 0 Å². The predicted molar refractivity (Wildman–Crippen MR) is 296 cm³/mol. The maximum absolute atomic E-state index is 6.34. The van der Waals surface area contributed by atoms with Crippen LogP contribution in [0.15, 0.2) is 259 Å². The summed E-state index contributed by atoms with van der Waals surface area (Å²) >= 11 is 0. The van der Waals surface area contributed by atoms with Crippen molar-refractivity contribution in [2.24, 2.45) is 0 Å². The van der Waals surface area contributed by atoms with E-state index in [1.165, 1.54) is 38.5 Å². The predicted octanol–water partition coefficient (Wildman–Crippen LogP) is 15.0. The van der Waals surface area contributed by atoms with Gasteiger partial charge in [0.25, 0.3) is 6.71 Å². The van der Waals surface area contributed by atoms with E-state index in [0.717, 1.165) is 84.5 Å². The first-order valence-electron chi connectivity index (χ1n) is 24.3. The molecule has 6 nitrogen and oxygen atoms in total. The van der Waals surface area contributed by atoms with E-state index in [0.29, 0.717) is 0 Å². The molecular formula is C64H42BN5O. The molecule has 0 spiro atoms. The van der Waals surface area contributed by atoms with Gasteiger partial charge in [0.15, 0.2) is 0 Å². The SMILES string of the molecule is c1ccc(N(c2cccc(N3c4cccc5c4B(c4c(n(-c6ccccc6)c6ccccc46)N5c4ccccc4)c4c3c3ccccc3n4-c3ccccc3)c2)c2ccc3oc4ccccc4c3c2)cc1. The highest BCUT2D eigenvalue weighted by Crippen LogP contribution is 2.50. The fraction of sp³-hybridized carbons (Fsp3) is 0. The summed E-state index contributed by atoms with van der Waals surface area (Å²) in [6.45, 7) is -0.162. The van der Waals surface area contributed by atoms with Crippen LogP contribution in [0, 0.1) is 0 Å². The van der Waals surface area contributed by atoms with Crippen molar-refractivity contribution in [3.63, 3.8) is 0 Å². The number of hydrogen-bond acceptors (Lipinski definition) is 4. The fourth-order valence-corrected chi connectivity index (χ4v) is 11.8. The van der Waals surface area contributed by atoms with Gasteiger partial charge in [-0.05, 0) is 132 Å². The zero-order valence-electron chi connectivity index (χ0n) is 38.5. The van der Waals surface area contributed by atoms with E-state index in [1.54, 1.807) is 0 Å². The van der Waals surface area contributed by atoms with Crippen LogP contribution in [-0.2, 0) is 0 Å². The molecule has 3 aromatic heterocycles. The third kappa shape index (κ3) is 5.84. The molecule has 5 heterocycles. The van der Waals surface area contributed by atoms with Crippen LogP contribution in [0.5, 0.6) is 0 Å². The van der Waals surface area contributed by atoms with Gasteiger partial charge in [-0.25, -0.2) is 0 Å². The quantitative estimate of drug-likeness (QED) is 0.149. The lowest BCUT2D eigenvalue weighted by Gasteiger charge is -2.43. The monoisotopic (exact) mass is 907 g/mol. The minimum absolute atomic E-state index is 0.162. The highest BCUT2D eigenvalue weighted by atomic mass is 16.3. The van der Waals surface area contributed by atoms with Gasteiger partial charge in [0.2, 0.25) is 0 Å². The van der Waals surface area contributed by atoms with E-state index < -0.39 is 0 Å². The second kappa shape index (κ2) is 15.5. The summed E-state index contributed by atoms with van der Waals surface area (Å²) in [5, 5.41) is 4.60. The average molecular weight is 908 g/mol. The van der Waals surface area contributed by atoms with Crippen LogP contribution in [0.1, 0.15) is 0 Å². The Morgan fingerprint density at radius 3 is 1.59 bits per heavy atom. The lowest BCUT2D eigenvalue weighted by atomic mass is 9.35. The van der Waals surface area contributed by atoms with Crippen LogP contribution in [-0.4, -0.2) is 15.8 Å². The Kier molecular flexibility index (Phi) is 8.65. The summed E-state index contributed by atoms with van der Waals surface area (Å²) in [4.78, 5) is 7.43. The maximum Gasteiger partial charge on any atom is 0.276 e. The molecule has 71 heavy (non-hydrogen) atoms. The first-order valence-corrected chi connectivity index (χ1v) is 24.3. The summed E-state index contributed by atoms with van der Waals surface area (Å²) in [6, 6.07) is 92.3. The Morgan fingerprint density at radius 1 is 0.338 bits per heavy atom. The van der Waals surface area contributed by atoms with Crippen molar-refractivity contribution in [3.05, 3.63) is 255 Å². The number of fused-ring (bicyclic) bond motifs is 11. The van der Waals surface area contributed by atoms with Crippen molar-refractivity contribution in [1.29, 1.82) is 0 Å². The molecule has 0 aliphatic carbocycles. The summed E-state index contributed by atoms with van der Waals surface area (Å²) < 4.78 is 11.4. The van der Waals surface area contributed by atoms with Gasteiger partial charge in [-0.2, -0.15) is 0 Å². The Balaban J connectivity index is 1.04. The number of para-hydroxylation sites is 7. The Hall–Kier alpha value is -9.46. The van der Waals surface area contributed by atoms with Crippen molar-refractivity contribution >= 4 is 118 Å². The number of benzene rings is 10. The van der Waals surface area contributed by atoms with Gasteiger partial charge in [0.05, 0.1) is 16.7 Å². The lowest BCUT2D eigenvalue weighted by Crippen LogP contribution is -2.62. The molecule has 15 rings (SSSR count). The second-order valence-electron chi connectivity index (χ2n) is 18.5. The van der Waals surface area contributed by atoms with Crippen molar-refractivity contribution in [2.75, 3.05) is 14.7 Å². The van der Waals surface area contributed by atoms with Crippen LogP contribution in [0.4, 0.5) is 51.3 Å². The van der Waals surface area contributed by atoms with E-state index >= 15 is 0 Å². The molecule has 0 N–H and O–H groups in total. The largest absolute Gasteiger partial charge is 0.456 e. The highest BCUT2D eigenvalue weighted by Gasteiger charge is 2.49. The first kappa shape index (κ1) is 39.5. The van der Waals surface area contributed by atoms with E-state index in [2.05, 4.69) is 266 Å². The fourth-order valence-electron chi connectivity index (χ4n) is 11.8. The topological polar surface area (TPSA) is 32.7 Å². The Morgan fingerprint density at radius 2 is 0.859 bits per heavy atom. The Labute approximate surface area is 410 Å². The van der Waals surface area contributed by atoms with Crippen LogP contribution < -0.4 is 31.2 Å². The van der Waals surface area contributed by atoms with Gasteiger partial charge in [-0.1, -0.05) is 140 Å². The third-order valence-electron chi connectivity index (χ3n) is 14.6. The molecule has 2 aliphatic rings. The molecule has 2 aliphatic heterocycles. The third-order valence-corrected chi connectivity index (χ3v) is 14.6. The molecule has 0 atom stereocenters. The summed E-state index contributed by atoms with van der Waals surface area (Å²) in [5.74, 6) is 1.14. The summed E-state index contributed by atoms with van der Waals surface area (Å²) in [6.07, 6.45) is 0. The number of anilines is 9. The summed E-state index contributed by atoms with van der Waals surface area (Å²) in [7, 11) is 0. The molecule has 0 amide bonds. The number of rotatable bonds is 7. The van der Waals surface area contributed by atoms with Crippen LogP contribution in [0.3, 0.4) is 0 Å². The molecular weight excluding hydrogens is 866 g/mol. The number of aromatic nitrogens is 2. The van der Waals surface area contributed by atoms with Gasteiger partial charge in [-0.3, -0.25) is 9.47 Å². The van der Waals surface area contributed by atoms with Gasteiger partial charge >= 0.3 is 0 Å². The first-order chi connectivity index (χ1) is 35.3. The lowest BCUT2D eigenvalue weighted by molar-refractivity contribution is 0.669. The normalized spacial score (nSPS) is 12.7. The zero-order valence-corrected chi connectivity index (χ0v) is 38.5. The van der Waals surface area contributed by atoms with Gasteiger partial charge in [0, 0.05) is 72.9 Å². The Bertz CT molecular complexity index is 4200. The van der Waals surface area contributed by atoms with E-state index in [9.17, 15) is 0 Å². The molecule has 7 heteroatoms. The standard InChI is InChI=1S/C64H42BN5O/c1-5-21-43(22-6-1)66(49-39-40-59-53(42-49)50-31-15-18-38-58(50)71-59)47-29-19-30-48(41-47)67-56-36-20-37-57-61(56)65(63-62(67)52-33-14-17-35-55(52)68(63)44-23-7-2-8-24-44)60-51-32-13-16-34-54(51)69(45-25-9-3-10-26-45)64(60)70(57)46-27-11-4-12-28-46/h1-42H. The van der Waals surface area contributed by atoms with Crippen LogP contribution in [0.2, 0.25) is 0 Å².